The zero-order chi connectivity index (χ0) is 15.6. The molecule has 4 nitrogen and oxygen atoms in total. The molecule has 1 aromatic heterocycles. The van der Waals surface area contributed by atoms with E-state index in [-0.39, 0.29) is 5.57 Å². The van der Waals surface area contributed by atoms with Crippen LogP contribution in [0.3, 0.4) is 0 Å². The third-order valence-corrected chi connectivity index (χ3v) is 3.46. The number of hydrogen-bond donors (Lipinski definition) is 1. The molecule has 0 aliphatic heterocycles. The highest BCUT2D eigenvalue weighted by Crippen LogP contribution is 2.23. The van der Waals surface area contributed by atoms with Crippen molar-refractivity contribution in [3.63, 3.8) is 0 Å². The number of aliphatic carboxylic acids is 1. The lowest BCUT2D eigenvalue weighted by molar-refractivity contribution is -0.132. The highest BCUT2D eigenvalue weighted by molar-refractivity contribution is 6.30. The number of hydrogen-bond acceptors (Lipinski definition) is 2. The van der Waals surface area contributed by atoms with Gasteiger partial charge in [0.1, 0.15) is 11.6 Å². The van der Waals surface area contributed by atoms with Crippen molar-refractivity contribution in [2.75, 3.05) is 0 Å². The number of nitrogens with zero attached hydrogens (tertiary/aromatic N) is 2. The quantitative estimate of drug-likeness (QED) is 0.693. The number of aromatic nitrogens is 1. The lowest BCUT2D eigenvalue weighted by atomic mass is 10.1. The first-order chi connectivity index (χ1) is 9.93. The van der Waals surface area contributed by atoms with Crippen molar-refractivity contribution in [1.29, 1.82) is 5.26 Å². The van der Waals surface area contributed by atoms with Crippen molar-refractivity contribution < 1.29 is 9.90 Å². The molecule has 0 saturated heterocycles. The summed E-state index contributed by atoms with van der Waals surface area (Å²) in [5, 5.41) is 18.4. The normalized spacial score (nSPS) is 11.2. The van der Waals surface area contributed by atoms with E-state index >= 15 is 0 Å². The minimum Gasteiger partial charge on any atom is -0.477 e. The lowest BCUT2D eigenvalue weighted by Gasteiger charge is -2.09. The summed E-state index contributed by atoms with van der Waals surface area (Å²) in [5.74, 6) is -1.23. The Morgan fingerprint density at radius 1 is 1.33 bits per heavy atom. The van der Waals surface area contributed by atoms with E-state index in [1.54, 1.807) is 18.2 Å². The smallest absolute Gasteiger partial charge is 0.346 e. The Balaban J connectivity index is 2.55. The number of rotatable bonds is 3. The largest absolute Gasteiger partial charge is 0.477 e. The Labute approximate surface area is 127 Å². The Bertz CT molecular complexity index is 765. The van der Waals surface area contributed by atoms with E-state index in [2.05, 4.69) is 0 Å². The van der Waals surface area contributed by atoms with Gasteiger partial charge in [-0.25, -0.2) is 4.79 Å². The van der Waals surface area contributed by atoms with E-state index in [1.807, 2.05) is 36.6 Å². The molecule has 0 unspecified atom stereocenters. The van der Waals surface area contributed by atoms with Gasteiger partial charge < -0.3 is 9.67 Å². The van der Waals surface area contributed by atoms with E-state index in [0.29, 0.717) is 10.6 Å². The number of benzene rings is 1. The predicted molar refractivity (Wildman–Crippen MR) is 81.5 cm³/mol. The predicted octanol–water partition coefficient (Wildman–Crippen LogP) is 3.74. The number of carboxylic acid groups (broad SMARTS) is 1. The lowest BCUT2D eigenvalue weighted by Crippen LogP contribution is -2.00. The molecule has 1 heterocycles. The van der Waals surface area contributed by atoms with Gasteiger partial charge in [0, 0.05) is 22.1 Å². The van der Waals surface area contributed by atoms with Crippen LogP contribution in [-0.4, -0.2) is 15.6 Å². The molecular weight excluding hydrogens is 288 g/mol. The van der Waals surface area contributed by atoms with Gasteiger partial charge in [-0.2, -0.15) is 5.26 Å². The fourth-order valence-corrected chi connectivity index (χ4v) is 2.34. The Morgan fingerprint density at radius 2 is 1.95 bits per heavy atom. The zero-order valence-corrected chi connectivity index (χ0v) is 12.3. The number of carbonyl (C=O) groups is 1. The maximum Gasteiger partial charge on any atom is 0.346 e. The van der Waals surface area contributed by atoms with E-state index < -0.39 is 5.97 Å². The molecular formula is C16H13ClN2O2. The van der Waals surface area contributed by atoms with Crippen LogP contribution in [0, 0.1) is 25.2 Å². The molecule has 0 bridgehead atoms. The molecule has 0 aliphatic rings. The molecule has 0 saturated carbocycles. The molecule has 106 valence electrons. The van der Waals surface area contributed by atoms with Gasteiger partial charge in [0.25, 0.3) is 0 Å². The Morgan fingerprint density at radius 3 is 2.48 bits per heavy atom. The second-order valence-electron chi connectivity index (χ2n) is 4.61. The summed E-state index contributed by atoms with van der Waals surface area (Å²) < 4.78 is 1.99. The molecule has 21 heavy (non-hydrogen) atoms. The first-order valence-electron chi connectivity index (χ1n) is 6.24. The van der Waals surface area contributed by atoms with Crippen LogP contribution in [0.15, 0.2) is 35.9 Å². The standard InChI is InChI=1S/C16H13ClN2O2/c1-10-7-12(8-13(9-18)16(20)21)11(2)19(10)15-5-3-14(17)4-6-15/h3-8H,1-2H3,(H,20,21)/b13-8+. The van der Waals surface area contributed by atoms with Crippen molar-refractivity contribution in [2.24, 2.45) is 0 Å². The van der Waals surface area contributed by atoms with Crippen LogP contribution in [-0.2, 0) is 4.79 Å². The van der Waals surface area contributed by atoms with Gasteiger partial charge in [-0.1, -0.05) is 11.6 Å². The second kappa shape index (κ2) is 5.86. The highest BCUT2D eigenvalue weighted by atomic mass is 35.5. The minimum atomic E-state index is -1.23. The molecule has 0 aliphatic carbocycles. The Kier molecular flexibility index (Phi) is 4.15. The van der Waals surface area contributed by atoms with Crippen molar-refractivity contribution >= 4 is 23.6 Å². The summed E-state index contributed by atoms with van der Waals surface area (Å²) in [6.07, 6.45) is 1.39. The van der Waals surface area contributed by atoms with Gasteiger partial charge in [-0.15, -0.1) is 0 Å². The van der Waals surface area contributed by atoms with Crippen LogP contribution >= 0.6 is 11.6 Å². The zero-order valence-electron chi connectivity index (χ0n) is 11.6. The van der Waals surface area contributed by atoms with E-state index in [4.69, 9.17) is 22.0 Å². The van der Waals surface area contributed by atoms with Crippen LogP contribution in [0.4, 0.5) is 0 Å². The molecule has 0 atom stereocenters. The fourth-order valence-electron chi connectivity index (χ4n) is 2.22. The number of aryl methyl sites for hydroxylation is 1. The summed E-state index contributed by atoms with van der Waals surface area (Å²) in [6, 6.07) is 10.9. The van der Waals surface area contributed by atoms with Gasteiger partial charge in [0.2, 0.25) is 0 Å². The number of nitriles is 1. The number of halogens is 1. The van der Waals surface area contributed by atoms with Crippen LogP contribution in [0.25, 0.3) is 11.8 Å². The summed E-state index contributed by atoms with van der Waals surface area (Å²) >= 11 is 5.89. The third kappa shape index (κ3) is 2.99. The second-order valence-corrected chi connectivity index (χ2v) is 5.05. The monoisotopic (exact) mass is 300 g/mol. The fraction of sp³-hybridized carbons (Fsp3) is 0.125. The SMILES string of the molecule is Cc1cc(/C=C(\C#N)C(=O)O)c(C)n1-c1ccc(Cl)cc1. The van der Waals surface area contributed by atoms with E-state index in [0.717, 1.165) is 17.1 Å². The molecule has 0 radical (unpaired) electrons. The van der Waals surface area contributed by atoms with Crippen LogP contribution in [0.1, 0.15) is 17.0 Å². The van der Waals surface area contributed by atoms with Crippen molar-refractivity contribution in [3.8, 4) is 11.8 Å². The van der Waals surface area contributed by atoms with Crippen LogP contribution in [0.5, 0.6) is 0 Å². The summed E-state index contributed by atoms with van der Waals surface area (Å²) in [4.78, 5) is 10.9. The van der Waals surface area contributed by atoms with Crippen LogP contribution in [0.2, 0.25) is 5.02 Å². The topological polar surface area (TPSA) is 66.0 Å². The van der Waals surface area contributed by atoms with Crippen molar-refractivity contribution in [2.45, 2.75) is 13.8 Å². The maximum atomic E-state index is 10.9. The summed E-state index contributed by atoms with van der Waals surface area (Å²) in [7, 11) is 0. The van der Waals surface area contributed by atoms with E-state index in [9.17, 15) is 4.79 Å². The molecule has 1 N–H and O–H groups in total. The minimum absolute atomic E-state index is 0.286. The van der Waals surface area contributed by atoms with Crippen molar-refractivity contribution in [3.05, 3.63) is 57.9 Å². The van der Waals surface area contributed by atoms with Gasteiger partial charge in [-0.3, -0.25) is 0 Å². The molecule has 5 heteroatoms. The summed E-state index contributed by atoms with van der Waals surface area (Å²) in [6.45, 7) is 3.80. The summed E-state index contributed by atoms with van der Waals surface area (Å²) in [5.41, 5.74) is 3.17. The van der Waals surface area contributed by atoms with Gasteiger partial charge in [0.15, 0.2) is 0 Å². The Hall–Kier alpha value is -2.51. The average Bonchev–Trinajstić information content (AvgIpc) is 2.71. The maximum absolute atomic E-state index is 10.9. The van der Waals surface area contributed by atoms with Crippen molar-refractivity contribution in [1.82, 2.24) is 4.57 Å². The highest BCUT2D eigenvalue weighted by Gasteiger charge is 2.12. The third-order valence-electron chi connectivity index (χ3n) is 3.21. The average molecular weight is 301 g/mol. The van der Waals surface area contributed by atoms with Crippen LogP contribution < -0.4 is 0 Å². The molecule has 0 fully saturated rings. The van der Waals surface area contributed by atoms with Gasteiger partial charge in [-0.05, 0) is 55.8 Å². The molecule has 1 aromatic carbocycles. The van der Waals surface area contributed by atoms with Gasteiger partial charge >= 0.3 is 5.97 Å². The first-order valence-corrected chi connectivity index (χ1v) is 6.62. The van der Waals surface area contributed by atoms with Gasteiger partial charge in [0.05, 0.1) is 0 Å². The number of carboxylic acids is 1. The molecule has 0 amide bonds. The molecule has 2 rings (SSSR count). The molecule has 0 spiro atoms. The molecule has 2 aromatic rings. The van der Waals surface area contributed by atoms with E-state index in [1.165, 1.54) is 6.08 Å². The first kappa shape index (κ1) is 14.9.